The molecule has 6 heteroatoms. The molecule has 0 spiro atoms. The molecule has 0 saturated carbocycles. The van der Waals surface area contributed by atoms with E-state index in [1.54, 1.807) is 6.08 Å². The third-order valence-corrected chi connectivity index (χ3v) is 5.45. The summed E-state index contributed by atoms with van der Waals surface area (Å²) in [4.78, 5) is 4.32. The lowest BCUT2D eigenvalue weighted by molar-refractivity contribution is 0.0732. The minimum Gasteiger partial charge on any atom is -0.379 e. The van der Waals surface area contributed by atoms with Gasteiger partial charge in [-0.3, -0.25) is 4.98 Å². The maximum absolute atomic E-state index is 12.4. The van der Waals surface area contributed by atoms with Gasteiger partial charge in [-0.25, -0.2) is 8.42 Å². The van der Waals surface area contributed by atoms with Crippen LogP contribution in [0.4, 0.5) is 0 Å². The van der Waals surface area contributed by atoms with Gasteiger partial charge in [0.05, 0.1) is 19.0 Å². The minimum absolute atomic E-state index is 0.000185. The second-order valence-electron chi connectivity index (χ2n) is 5.14. The SMILES string of the molecule is C/C=c1/c(C)cnc(C)/c1=C/CS(=O)(=O)N1CCOCC1. The van der Waals surface area contributed by atoms with E-state index in [0.717, 1.165) is 21.7 Å². The Bertz CT molecular complexity index is 720. The van der Waals surface area contributed by atoms with Crippen molar-refractivity contribution in [3.05, 3.63) is 27.9 Å². The lowest BCUT2D eigenvalue weighted by Crippen LogP contribution is -2.42. The highest BCUT2D eigenvalue weighted by atomic mass is 32.2. The molecule has 0 aliphatic carbocycles. The van der Waals surface area contributed by atoms with E-state index in [0.29, 0.717) is 26.3 Å². The molecule has 116 valence electrons. The van der Waals surface area contributed by atoms with Crippen molar-refractivity contribution in [2.75, 3.05) is 32.1 Å². The van der Waals surface area contributed by atoms with Crippen LogP contribution in [-0.4, -0.2) is 49.8 Å². The van der Waals surface area contributed by atoms with Crippen LogP contribution in [0.2, 0.25) is 0 Å². The zero-order valence-electron chi connectivity index (χ0n) is 12.8. The molecule has 1 fully saturated rings. The predicted molar refractivity (Wildman–Crippen MR) is 83.7 cm³/mol. The summed E-state index contributed by atoms with van der Waals surface area (Å²) < 4.78 is 31.4. The highest BCUT2D eigenvalue weighted by Crippen LogP contribution is 2.05. The first-order chi connectivity index (χ1) is 9.95. The number of nitrogens with zero attached hydrogens (tertiary/aromatic N) is 2. The summed E-state index contributed by atoms with van der Waals surface area (Å²) in [6.45, 7) is 7.66. The largest absolute Gasteiger partial charge is 0.379 e. The molecule has 1 aliphatic rings. The standard InChI is InChI=1S/C15H22N2O3S/c1-4-14-12(2)11-16-13(3)15(14)5-10-21(18,19)17-6-8-20-9-7-17/h4-5,11H,6-10H2,1-3H3/b14-4-,15-5-. The van der Waals surface area contributed by atoms with Crippen LogP contribution in [-0.2, 0) is 14.8 Å². The van der Waals surface area contributed by atoms with Crippen molar-refractivity contribution in [3.8, 4) is 0 Å². The van der Waals surface area contributed by atoms with Crippen molar-refractivity contribution < 1.29 is 13.2 Å². The van der Waals surface area contributed by atoms with Crippen LogP contribution in [0.15, 0.2) is 6.20 Å². The van der Waals surface area contributed by atoms with Gasteiger partial charge in [-0.1, -0.05) is 12.2 Å². The molecule has 5 nitrogen and oxygen atoms in total. The van der Waals surface area contributed by atoms with E-state index in [1.165, 1.54) is 4.31 Å². The Hall–Kier alpha value is -1.24. The zero-order valence-corrected chi connectivity index (χ0v) is 13.6. The van der Waals surface area contributed by atoms with Crippen LogP contribution in [0.1, 0.15) is 18.2 Å². The summed E-state index contributed by atoms with van der Waals surface area (Å²) in [5.41, 5.74) is 1.91. The van der Waals surface area contributed by atoms with Crippen LogP contribution < -0.4 is 10.4 Å². The van der Waals surface area contributed by atoms with E-state index in [1.807, 2.05) is 33.0 Å². The Labute approximate surface area is 126 Å². The van der Waals surface area contributed by atoms with Crippen LogP contribution in [0.3, 0.4) is 0 Å². The van der Waals surface area contributed by atoms with E-state index < -0.39 is 10.0 Å². The normalized spacial score (nSPS) is 19.2. The van der Waals surface area contributed by atoms with Gasteiger partial charge in [-0.15, -0.1) is 0 Å². The van der Waals surface area contributed by atoms with Crippen molar-refractivity contribution >= 4 is 22.2 Å². The molecule has 0 aromatic carbocycles. The van der Waals surface area contributed by atoms with Gasteiger partial charge in [0.2, 0.25) is 10.0 Å². The number of ether oxygens (including phenoxy) is 1. The first-order valence-electron chi connectivity index (χ1n) is 7.10. The molecule has 1 aliphatic heterocycles. The smallest absolute Gasteiger partial charge is 0.217 e. The molecule has 1 aromatic rings. The third-order valence-electron chi connectivity index (χ3n) is 3.71. The Morgan fingerprint density at radius 3 is 2.57 bits per heavy atom. The highest BCUT2D eigenvalue weighted by molar-refractivity contribution is 7.89. The van der Waals surface area contributed by atoms with E-state index in [9.17, 15) is 8.42 Å². The second kappa shape index (κ2) is 6.68. The van der Waals surface area contributed by atoms with Crippen LogP contribution in [0.25, 0.3) is 12.2 Å². The maximum Gasteiger partial charge on any atom is 0.217 e. The average Bonchev–Trinajstić information content (AvgIpc) is 2.49. The molecule has 21 heavy (non-hydrogen) atoms. The highest BCUT2D eigenvalue weighted by Gasteiger charge is 2.22. The Morgan fingerprint density at radius 2 is 1.95 bits per heavy atom. The zero-order chi connectivity index (χ0) is 15.5. The quantitative estimate of drug-likeness (QED) is 0.785. The average molecular weight is 310 g/mol. The van der Waals surface area contributed by atoms with E-state index in [-0.39, 0.29) is 5.75 Å². The fourth-order valence-electron chi connectivity index (χ4n) is 2.50. The molecule has 0 bridgehead atoms. The summed E-state index contributed by atoms with van der Waals surface area (Å²) in [6.07, 6.45) is 5.59. The lowest BCUT2D eigenvalue weighted by Gasteiger charge is -2.25. The monoisotopic (exact) mass is 310 g/mol. The van der Waals surface area contributed by atoms with Crippen molar-refractivity contribution in [1.29, 1.82) is 0 Å². The summed E-state index contributed by atoms with van der Waals surface area (Å²) in [5.74, 6) is -0.000185. The number of hydrogen-bond donors (Lipinski definition) is 0. The van der Waals surface area contributed by atoms with Crippen LogP contribution >= 0.6 is 0 Å². The molecule has 0 atom stereocenters. The lowest BCUT2D eigenvalue weighted by atomic mass is 10.1. The molecule has 0 radical (unpaired) electrons. The Kier molecular flexibility index (Phi) is 5.13. The van der Waals surface area contributed by atoms with Gasteiger partial charge in [-0.2, -0.15) is 4.31 Å². The number of hydrogen-bond acceptors (Lipinski definition) is 4. The van der Waals surface area contributed by atoms with E-state index in [2.05, 4.69) is 4.98 Å². The molecular weight excluding hydrogens is 288 g/mol. The van der Waals surface area contributed by atoms with Crippen molar-refractivity contribution in [2.45, 2.75) is 20.8 Å². The fourth-order valence-corrected chi connectivity index (χ4v) is 3.79. The first-order valence-corrected chi connectivity index (χ1v) is 8.71. The van der Waals surface area contributed by atoms with Gasteiger partial charge in [0.25, 0.3) is 0 Å². The number of aromatic nitrogens is 1. The van der Waals surface area contributed by atoms with E-state index >= 15 is 0 Å². The molecule has 1 saturated heterocycles. The van der Waals surface area contributed by atoms with Crippen molar-refractivity contribution in [3.63, 3.8) is 0 Å². The van der Waals surface area contributed by atoms with Crippen LogP contribution in [0.5, 0.6) is 0 Å². The number of aryl methyl sites for hydroxylation is 2. The maximum atomic E-state index is 12.4. The number of sulfonamides is 1. The molecular formula is C15H22N2O3S. The molecule has 0 unspecified atom stereocenters. The Morgan fingerprint density at radius 1 is 1.29 bits per heavy atom. The molecule has 2 heterocycles. The van der Waals surface area contributed by atoms with Crippen molar-refractivity contribution in [1.82, 2.24) is 9.29 Å². The Balaban J connectivity index is 2.35. The van der Waals surface area contributed by atoms with Gasteiger partial charge < -0.3 is 4.74 Å². The first kappa shape index (κ1) is 16.1. The summed E-state index contributed by atoms with van der Waals surface area (Å²) in [7, 11) is -3.28. The van der Waals surface area contributed by atoms with Crippen LogP contribution in [0, 0.1) is 13.8 Å². The minimum atomic E-state index is -3.28. The van der Waals surface area contributed by atoms with Gasteiger partial charge in [-0.05, 0) is 36.8 Å². The molecule has 2 rings (SSSR count). The molecule has 1 aromatic heterocycles. The third kappa shape index (κ3) is 3.70. The molecule has 0 N–H and O–H groups in total. The summed E-state index contributed by atoms with van der Waals surface area (Å²) in [6, 6.07) is 0. The van der Waals surface area contributed by atoms with E-state index in [4.69, 9.17) is 4.74 Å². The van der Waals surface area contributed by atoms with Gasteiger partial charge in [0, 0.05) is 25.0 Å². The second-order valence-corrected chi connectivity index (χ2v) is 7.15. The molecule has 0 amide bonds. The summed E-state index contributed by atoms with van der Waals surface area (Å²) >= 11 is 0. The number of rotatable bonds is 3. The number of morpholine rings is 1. The van der Waals surface area contributed by atoms with Gasteiger partial charge >= 0.3 is 0 Å². The van der Waals surface area contributed by atoms with Gasteiger partial charge in [0.1, 0.15) is 0 Å². The number of pyridine rings is 1. The predicted octanol–water partition coefficient (Wildman–Crippen LogP) is -0.0587. The van der Waals surface area contributed by atoms with Gasteiger partial charge in [0.15, 0.2) is 0 Å². The topological polar surface area (TPSA) is 59.5 Å². The fraction of sp³-hybridized carbons (Fsp3) is 0.533. The summed E-state index contributed by atoms with van der Waals surface area (Å²) in [5, 5.41) is 1.97. The van der Waals surface area contributed by atoms with Crippen molar-refractivity contribution in [2.24, 2.45) is 0 Å².